The van der Waals surface area contributed by atoms with Crippen LogP contribution in [0.15, 0.2) is 47.1 Å². The van der Waals surface area contributed by atoms with Gasteiger partial charge in [-0.3, -0.25) is 19.3 Å². The van der Waals surface area contributed by atoms with Crippen molar-refractivity contribution in [3.05, 3.63) is 54.0 Å². The lowest BCUT2D eigenvalue weighted by Gasteiger charge is -2.18. The van der Waals surface area contributed by atoms with Crippen molar-refractivity contribution >= 4 is 29.3 Å². The second kappa shape index (κ2) is 7.30. The molecule has 0 bridgehead atoms. The highest BCUT2D eigenvalue weighted by Crippen LogP contribution is 2.29. The molecule has 2 N–H and O–H groups in total. The van der Waals surface area contributed by atoms with Gasteiger partial charge in [0.15, 0.2) is 11.3 Å². The molecule has 2 aromatic rings. The maximum absolute atomic E-state index is 12.7. The van der Waals surface area contributed by atoms with Gasteiger partial charge >= 0.3 is 6.03 Å². The first-order valence-electron chi connectivity index (χ1n) is 8.84. The fourth-order valence-electron chi connectivity index (χ4n) is 2.83. The molecule has 1 aromatic heterocycles. The third kappa shape index (κ3) is 3.53. The molecule has 1 fully saturated rings. The molecular formula is C20H21N3O5. The van der Waals surface area contributed by atoms with Gasteiger partial charge in [0, 0.05) is 17.2 Å². The number of imide groups is 1. The van der Waals surface area contributed by atoms with Crippen molar-refractivity contribution < 1.29 is 23.6 Å². The smallest absolute Gasteiger partial charge is 0.325 e. The Bertz CT molecular complexity index is 918. The normalized spacial score (nSPS) is 19.1. The van der Waals surface area contributed by atoms with Crippen LogP contribution in [0.1, 0.15) is 36.9 Å². The Labute approximate surface area is 161 Å². The molecule has 1 atom stereocenters. The van der Waals surface area contributed by atoms with Crippen molar-refractivity contribution in [2.45, 2.75) is 26.3 Å². The highest BCUT2D eigenvalue weighted by molar-refractivity contribution is 6.11. The lowest BCUT2D eigenvalue weighted by Crippen LogP contribution is -2.41. The fourth-order valence-corrected chi connectivity index (χ4v) is 2.83. The monoisotopic (exact) mass is 383 g/mol. The van der Waals surface area contributed by atoms with Gasteiger partial charge in [0.25, 0.3) is 5.91 Å². The van der Waals surface area contributed by atoms with Crippen LogP contribution in [0.2, 0.25) is 0 Å². The number of carbonyl (C=O) groups is 4. The summed E-state index contributed by atoms with van der Waals surface area (Å²) in [6, 6.07) is 8.85. The largest absolute Gasteiger partial charge is 0.466 e. The Morgan fingerprint density at radius 1 is 1.18 bits per heavy atom. The van der Waals surface area contributed by atoms with Crippen LogP contribution in [0.3, 0.4) is 0 Å². The highest BCUT2D eigenvalue weighted by Gasteiger charge is 2.51. The van der Waals surface area contributed by atoms with Crippen LogP contribution in [0.25, 0.3) is 0 Å². The van der Waals surface area contributed by atoms with E-state index < -0.39 is 29.8 Å². The fraction of sp³-hybridized carbons (Fsp3) is 0.300. The predicted octanol–water partition coefficient (Wildman–Crippen LogP) is 2.52. The van der Waals surface area contributed by atoms with E-state index in [2.05, 4.69) is 10.6 Å². The number of ketones is 1. The van der Waals surface area contributed by atoms with E-state index in [1.165, 1.54) is 13.2 Å². The molecule has 2 heterocycles. The zero-order chi connectivity index (χ0) is 20.5. The van der Waals surface area contributed by atoms with Gasteiger partial charge in [0.2, 0.25) is 5.91 Å². The van der Waals surface area contributed by atoms with E-state index in [1.54, 1.807) is 50.2 Å². The summed E-state index contributed by atoms with van der Waals surface area (Å²) in [6.07, 6.45) is 1.41. The van der Waals surface area contributed by atoms with Gasteiger partial charge in [-0.05, 0) is 43.3 Å². The molecule has 0 aliphatic carbocycles. The molecule has 3 rings (SSSR count). The van der Waals surface area contributed by atoms with Crippen molar-refractivity contribution in [1.82, 2.24) is 10.2 Å². The Balaban J connectivity index is 1.70. The van der Waals surface area contributed by atoms with E-state index in [1.807, 2.05) is 0 Å². The van der Waals surface area contributed by atoms with Crippen molar-refractivity contribution in [2.75, 3.05) is 11.9 Å². The van der Waals surface area contributed by atoms with Gasteiger partial charge in [-0.25, -0.2) is 4.79 Å². The number of nitrogens with zero attached hydrogens (tertiary/aromatic N) is 1. The van der Waals surface area contributed by atoms with Crippen molar-refractivity contribution in [3.8, 4) is 0 Å². The molecule has 1 aromatic carbocycles. The van der Waals surface area contributed by atoms with Crippen molar-refractivity contribution in [1.29, 1.82) is 0 Å². The van der Waals surface area contributed by atoms with Gasteiger partial charge in [0.05, 0.1) is 12.8 Å². The van der Waals surface area contributed by atoms with E-state index in [-0.39, 0.29) is 11.8 Å². The first-order chi connectivity index (χ1) is 13.2. The third-order valence-corrected chi connectivity index (χ3v) is 4.59. The standard InChI is InChI=1S/C20H21N3O5/c1-12(2)17(25)21-14-8-6-13(7-9-14)15(24)11-23-18(26)20(3,22-19(23)27)16-5-4-10-28-16/h4-10,12H,11H2,1-3H3,(H,21,25)(H,22,27)/t20-/m0/s1. The molecule has 28 heavy (non-hydrogen) atoms. The number of urea groups is 1. The number of amides is 4. The predicted molar refractivity (Wildman–Crippen MR) is 101 cm³/mol. The Kier molecular flexibility index (Phi) is 5.04. The molecular weight excluding hydrogens is 362 g/mol. The van der Waals surface area contributed by atoms with Gasteiger partial charge in [-0.15, -0.1) is 0 Å². The van der Waals surface area contributed by atoms with Crippen LogP contribution in [0.5, 0.6) is 0 Å². The summed E-state index contributed by atoms with van der Waals surface area (Å²) >= 11 is 0. The Morgan fingerprint density at radius 2 is 1.86 bits per heavy atom. The minimum atomic E-state index is -1.34. The number of carbonyl (C=O) groups excluding carboxylic acids is 4. The summed E-state index contributed by atoms with van der Waals surface area (Å²) in [5.41, 5.74) is -0.448. The van der Waals surface area contributed by atoms with Crippen LogP contribution < -0.4 is 10.6 Å². The van der Waals surface area contributed by atoms with Crippen LogP contribution >= 0.6 is 0 Å². The van der Waals surface area contributed by atoms with Crippen molar-refractivity contribution in [3.63, 3.8) is 0 Å². The second-order valence-electron chi connectivity index (χ2n) is 7.07. The number of benzene rings is 1. The zero-order valence-corrected chi connectivity index (χ0v) is 15.8. The Hall–Kier alpha value is -3.42. The van der Waals surface area contributed by atoms with Crippen LogP contribution in [0, 0.1) is 5.92 Å². The lowest BCUT2D eigenvalue weighted by atomic mass is 9.99. The third-order valence-electron chi connectivity index (χ3n) is 4.59. The van der Waals surface area contributed by atoms with Crippen molar-refractivity contribution in [2.24, 2.45) is 5.92 Å². The van der Waals surface area contributed by atoms with Crippen LogP contribution in [-0.2, 0) is 15.1 Å². The molecule has 4 amide bonds. The quantitative estimate of drug-likeness (QED) is 0.588. The topological polar surface area (TPSA) is 109 Å². The number of Topliss-reactive ketones (excluding diaryl/α,β-unsaturated/α-hetero) is 1. The molecule has 0 saturated carbocycles. The number of rotatable bonds is 6. The lowest BCUT2D eigenvalue weighted by molar-refractivity contribution is -0.131. The number of hydrogen-bond acceptors (Lipinski definition) is 5. The number of nitrogens with one attached hydrogen (secondary N) is 2. The second-order valence-corrected chi connectivity index (χ2v) is 7.07. The SMILES string of the molecule is CC(C)C(=O)Nc1ccc(C(=O)CN2C(=O)N[C@@](C)(c3ccco3)C2=O)cc1. The molecule has 1 aliphatic heterocycles. The first kappa shape index (κ1) is 19.3. The average molecular weight is 383 g/mol. The van der Waals surface area contributed by atoms with Gasteiger partial charge in [-0.2, -0.15) is 0 Å². The molecule has 0 radical (unpaired) electrons. The maximum Gasteiger partial charge on any atom is 0.325 e. The highest BCUT2D eigenvalue weighted by atomic mass is 16.3. The minimum Gasteiger partial charge on any atom is -0.466 e. The zero-order valence-electron chi connectivity index (χ0n) is 15.8. The van der Waals surface area contributed by atoms with Crippen LogP contribution in [-0.4, -0.2) is 35.1 Å². The molecule has 1 saturated heterocycles. The van der Waals surface area contributed by atoms with Crippen LogP contribution in [0.4, 0.5) is 10.5 Å². The summed E-state index contributed by atoms with van der Waals surface area (Å²) in [4.78, 5) is 50.1. The van der Waals surface area contributed by atoms with E-state index in [4.69, 9.17) is 4.42 Å². The molecule has 8 heteroatoms. The maximum atomic E-state index is 12.7. The van der Waals surface area contributed by atoms with E-state index in [0.717, 1.165) is 4.90 Å². The molecule has 146 valence electrons. The number of hydrogen-bond donors (Lipinski definition) is 2. The molecule has 0 spiro atoms. The summed E-state index contributed by atoms with van der Waals surface area (Å²) in [5, 5.41) is 5.31. The number of furan rings is 1. The molecule has 1 aliphatic rings. The van der Waals surface area contributed by atoms with E-state index >= 15 is 0 Å². The summed E-state index contributed by atoms with van der Waals surface area (Å²) in [6.45, 7) is 4.70. The summed E-state index contributed by atoms with van der Waals surface area (Å²) in [5.74, 6) is -0.943. The first-order valence-corrected chi connectivity index (χ1v) is 8.84. The number of anilines is 1. The van der Waals surface area contributed by atoms with Gasteiger partial charge < -0.3 is 15.1 Å². The van der Waals surface area contributed by atoms with Gasteiger partial charge in [-0.1, -0.05) is 13.8 Å². The summed E-state index contributed by atoms with van der Waals surface area (Å²) in [7, 11) is 0. The minimum absolute atomic E-state index is 0.129. The molecule has 8 nitrogen and oxygen atoms in total. The average Bonchev–Trinajstić information content (AvgIpc) is 3.27. The van der Waals surface area contributed by atoms with Gasteiger partial charge in [0.1, 0.15) is 5.76 Å². The molecule has 0 unspecified atom stereocenters. The summed E-state index contributed by atoms with van der Waals surface area (Å²) < 4.78 is 5.26. The van der Waals surface area contributed by atoms with E-state index in [0.29, 0.717) is 17.0 Å². The van der Waals surface area contributed by atoms with E-state index in [9.17, 15) is 19.2 Å². The Morgan fingerprint density at radius 3 is 2.43 bits per heavy atom.